The summed E-state index contributed by atoms with van der Waals surface area (Å²) in [5, 5.41) is 0. The molecule has 0 atom stereocenters. The lowest BCUT2D eigenvalue weighted by Crippen LogP contribution is -1.89. The second kappa shape index (κ2) is 5.38. The largest absolute Gasteiger partial charge is 0.266 e. The SMILES string of the molecule is C=C/C(=C\C=C1\C=C(C)N=CC1)CC. The molecule has 1 nitrogen and oxygen atoms in total. The molecule has 0 amide bonds. The molecule has 0 fully saturated rings. The number of hydrogen-bond donors (Lipinski definition) is 0. The van der Waals surface area contributed by atoms with Crippen LogP contribution in [0.4, 0.5) is 0 Å². The normalized spacial score (nSPS) is 19.7. The van der Waals surface area contributed by atoms with Crippen LogP contribution in [0.3, 0.4) is 0 Å². The third-order valence-electron chi connectivity index (χ3n) is 2.20. The average Bonchev–Trinajstić information content (AvgIpc) is 2.19. The lowest BCUT2D eigenvalue weighted by Gasteiger charge is -2.03. The molecule has 0 N–H and O–H groups in total. The predicted molar refractivity (Wildman–Crippen MR) is 63.5 cm³/mol. The molecule has 1 aliphatic rings. The molecular weight excluding hydrogens is 170 g/mol. The molecule has 14 heavy (non-hydrogen) atoms. The number of nitrogens with zero attached hydrogens (tertiary/aromatic N) is 1. The number of aliphatic imine (C=N–C) groups is 1. The minimum Gasteiger partial charge on any atom is -0.266 e. The van der Waals surface area contributed by atoms with Crippen molar-refractivity contribution >= 4 is 6.21 Å². The number of rotatable bonds is 3. The zero-order valence-electron chi connectivity index (χ0n) is 8.96. The van der Waals surface area contributed by atoms with E-state index in [2.05, 4.69) is 36.7 Å². The fourth-order valence-electron chi connectivity index (χ4n) is 1.32. The number of hydrogen-bond acceptors (Lipinski definition) is 1. The zero-order chi connectivity index (χ0) is 10.4. The molecule has 0 radical (unpaired) electrons. The van der Waals surface area contributed by atoms with Crippen LogP contribution in [0, 0.1) is 0 Å². The molecule has 0 bridgehead atoms. The predicted octanol–water partition coefficient (Wildman–Crippen LogP) is 3.81. The van der Waals surface area contributed by atoms with E-state index in [1.807, 2.05) is 19.2 Å². The summed E-state index contributed by atoms with van der Waals surface area (Å²) in [4.78, 5) is 4.20. The average molecular weight is 187 g/mol. The Morgan fingerprint density at radius 2 is 2.43 bits per heavy atom. The molecule has 0 aromatic carbocycles. The quantitative estimate of drug-likeness (QED) is 0.596. The van der Waals surface area contributed by atoms with Crippen molar-refractivity contribution in [1.82, 2.24) is 0 Å². The minimum atomic E-state index is 0.933. The molecule has 0 aromatic rings. The van der Waals surface area contributed by atoms with Crippen molar-refractivity contribution < 1.29 is 0 Å². The molecular formula is C13H17N. The summed E-state index contributed by atoms with van der Waals surface area (Å²) in [7, 11) is 0. The van der Waals surface area contributed by atoms with Gasteiger partial charge in [0.15, 0.2) is 0 Å². The molecule has 0 aromatic heterocycles. The van der Waals surface area contributed by atoms with Gasteiger partial charge in [-0.3, -0.25) is 4.99 Å². The van der Waals surface area contributed by atoms with Gasteiger partial charge in [0, 0.05) is 18.3 Å². The van der Waals surface area contributed by atoms with Gasteiger partial charge in [0.25, 0.3) is 0 Å². The van der Waals surface area contributed by atoms with Crippen molar-refractivity contribution in [3.63, 3.8) is 0 Å². The maximum atomic E-state index is 4.20. The third-order valence-corrected chi connectivity index (χ3v) is 2.20. The summed E-state index contributed by atoms with van der Waals surface area (Å²) in [6.45, 7) is 7.92. The highest BCUT2D eigenvalue weighted by Gasteiger charge is 1.97. The summed E-state index contributed by atoms with van der Waals surface area (Å²) in [6, 6.07) is 0. The van der Waals surface area contributed by atoms with E-state index in [1.165, 1.54) is 11.1 Å². The van der Waals surface area contributed by atoms with Gasteiger partial charge < -0.3 is 0 Å². The van der Waals surface area contributed by atoms with Crippen LogP contribution in [0.25, 0.3) is 0 Å². The Kier molecular flexibility index (Phi) is 4.11. The Morgan fingerprint density at radius 3 is 3.00 bits per heavy atom. The van der Waals surface area contributed by atoms with Crippen LogP contribution in [0.1, 0.15) is 26.7 Å². The second-order valence-corrected chi connectivity index (χ2v) is 3.34. The van der Waals surface area contributed by atoms with Gasteiger partial charge in [0.2, 0.25) is 0 Å². The van der Waals surface area contributed by atoms with Crippen molar-refractivity contribution in [2.75, 3.05) is 0 Å². The molecule has 1 heterocycles. The van der Waals surface area contributed by atoms with Gasteiger partial charge in [-0.15, -0.1) is 0 Å². The third kappa shape index (κ3) is 3.17. The maximum Gasteiger partial charge on any atom is 0.0371 e. The first-order valence-electron chi connectivity index (χ1n) is 4.99. The first-order valence-corrected chi connectivity index (χ1v) is 4.99. The zero-order valence-corrected chi connectivity index (χ0v) is 8.96. The van der Waals surface area contributed by atoms with Crippen LogP contribution < -0.4 is 0 Å². The molecule has 0 saturated carbocycles. The molecule has 1 heteroatoms. The van der Waals surface area contributed by atoms with Gasteiger partial charge in [0.1, 0.15) is 0 Å². The Labute approximate surface area is 86.2 Å². The lowest BCUT2D eigenvalue weighted by atomic mass is 10.1. The Morgan fingerprint density at radius 1 is 1.64 bits per heavy atom. The second-order valence-electron chi connectivity index (χ2n) is 3.34. The lowest BCUT2D eigenvalue weighted by molar-refractivity contribution is 1.15. The molecule has 74 valence electrons. The van der Waals surface area contributed by atoms with Gasteiger partial charge in [-0.1, -0.05) is 31.7 Å². The van der Waals surface area contributed by atoms with E-state index in [0.717, 1.165) is 18.5 Å². The molecule has 0 saturated heterocycles. The van der Waals surface area contributed by atoms with Crippen LogP contribution in [0.15, 0.2) is 52.7 Å². The van der Waals surface area contributed by atoms with Crippen molar-refractivity contribution in [3.05, 3.63) is 47.7 Å². The van der Waals surface area contributed by atoms with E-state index >= 15 is 0 Å². The van der Waals surface area contributed by atoms with Crippen molar-refractivity contribution in [2.24, 2.45) is 4.99 Å². The van der Waals surface area contributed by atoms with Crippen LogP contribution in [0.5, 0.6) is 0 Å². The highest BCUT2D eigenvalue weighted by molar-refractivity contribution is 5.66. The van der Waals surface area contributed by atoms with Gasteiger partial charge in [-0.2, -0.15) is 0 Å². The van der Waals surface area contributed by atoms with E-state index < -0.39 is 0 Å². The van der Waals surface area contributed by atoms with Crippen molar-refractivity contribution in [2.45, 2.75) is 26.7 Å². The fourth-order valence-corrected chi connectivity index (χ4v) is 1.32. The van der Waals surface area contributed by atoms with E-state index in [9.17, 15) is 0 Å². The van der Waals surface area contributed by atoms with Crippen LogP contribution >= 0.6 is 0 Å². The standard InChI is InChI=1S/C13H17N/c1-4-12(5-2)6-7-13-8-9-14-11(3)10-13/h4,6-7,9-10H,1,5,8H2,2-3H3/b12-6+,13-7+. The summed E-state index contributed by atoms with van der Waals surface area (Å²) in [6.07, 6.45) is 12.2. The first-order chi connectivity index (χ1) is 6.76. The van der Waals surface area contributed by atoms with Gasteiger partial charge in [-0.25, -0.2) is 0 Å². The summed E-state index contributed by atoms with van der Waals surface area (Å²) < 4.78 is 0. The topological polar surface area (TPSA) is 12.4 Å². The van der Waals surface area contributed by atoms with Gasteiger partial charge in [0.05, 0.1) is 0 Å². The molecule has 0 aliphatic carbocycles. The van der Waals surface area contributed by atoms with Crippen LogP contribution in [-0.4, -0.2) is 6.21 Å². The summed E-state index contributed by atoms with van der Waals surface area (Å²) >= 11 is 0. The van der Waals surface area contributed by atoms with E-state index in [4.69, 9.17) is 0 Å². The monoisotopic (exact) mass is 187 g/mol. The number of allylic oxidation sites excluding steroid dienone is 7. The molecule has 1 rings (SSSR count). The Balaban J connectivity index is 2.75. The van der Waals surface area contributed by atoms with Gasteiger partial charge in [-0.05, 0) is 30.6 Å². The minimum absolute atomic E-state index is 0.933. The smallest absolute Gasteiger partial charge is 0.0371 e. The summed E-state index contributed by atoms with van der Waals surface area (Å²) in [5.74, 6) is 0. The van der Waals surface area contributed by atoms with Crippen molar-refractivity contribution in [3.8, 4) is 0 Å². The first kappa shape index (κ1) is 10.7. The molecule has 0 spiro atoms. The summed E-state index contributed by atoms with van der Waals surface area (Å²) in [5.41, 5.74) is 3.66. The fraction of sp³-hybridized carbons (Fsp3) is 0.308. The Bertz CT molecular complexity index is 327. The van der Waals surface area contributed by atoms with E-state index in [-0.39, 0.29) is 0 Å². The Hall–Kier alpha value is -1.37. The van der Waals surface area contributed by atoms with Crippen LogP contribution in [0.2, 0.25) is 0 Å². The van der Waals surface area contributed by atoms with Crippen LogP contribution in [-0.2, 0) is 0 Å². The van der Waals surface area contributed by atoms with E-state index in [0.29, 0.717) is 0 Å². The highest BCUT2D eigenvalue weighted by atomic mass is 14.7. The van der Waals surface area contributed by atoms with Crippen molar-refractivity contribution in [1.29, 1.82) is 0 Å². The molecule has 0 unspecified atom stereocenters. The highest BCUT2D eigenvalue weighted by Crippen LogP contribution is 2.13. The molecule has 1 aliphatic heterocycles. The van der Waals surface area contributed by atoms with E-state index in [1.54, 1.807) is 0 Å². The van der Waals surface area contributed by atoms with Gasteiger partial charge >= 0.3 is 0 Å². The maximum absolute atomic E-state index is 4.20.